The fourth-order valence-electron chi connectivity index (χ4n) is 1.98. The lowest BCUT2D eigenvalue weighted by atomic mass is 10.0. The van der Waals surface area contributed by atoms with Crippen molar-refractivity contribution in [3.8, 4) is 0 Å². The summed E-state index contributed by atoms with van der Waals surface area (Å²) < 4.78 is 18.1. The highest BCUT2D eigenvalue weighted by molar-refractivity contribution is 9.10. The van der Waals surface area contributed by atoms with E-state index in [-0.39, 0.29) is 11.9 Å². The number of hydrogen-bond acceptors (Lipinski definition) is 4. The van der Waals surface area contributed by atoms with E-state index in [1.54, 1.807) is 6.07 Å². The van der Waals surface area contributed by atoms with E-state index in [0.29, 0.717) is 10.9 Å². The first-order valence-corrected chi connectivity index (χ1v) is 7.65. The van der Waals surface area contributed by atoms with Gasteiger partial charge in [0.1, 0.15) is 5.82 Å². The van der Waals surface area contributed by atoms with Crippen molar-refractivity contribution in [2.24, 2.45) is 0 Å². The Labute approximate surface area is 124 Å². The zero-order valence-corrected chi connectivity index (χ0v) is 13.2. The molecule has 0 aliphatic heterocycles. The van der Waals surface area contributed by atoms with E-state index in [4.69, 9.17) is 0 Å². The van der Waals surface area contributed by atoms with Gasteiger partial charge < -0.3 is 5.32 Å². The molecule has 0 fully saturated rings. The molecule has 1 N–H and O–H groups in total. The first kappa shape index (κ1) is 14.6. The van der Waals surface area contributed by atoms with Crippen LogP contribution in [0.3, 0.4) is 0 Å². The molecular weight excluding hydrogens is 329 g/mol. The standard InChI is InChI=1S/C13H15BrFN3S/c1-3-10-13(19-18-17-10)11(16-2)7-8-5-4-6-9(15)12(8)14/h4-6,11,16H,3,7H2,1-2H3. The van der Waals surface area contributed by atoms with Crippen LogP contribution in [0.2, 0.25) is 0 Å². The van der Waals surface area contributed by atoms with Crippen molar-refractivity contribution in [1.82, 2.24) is 14.9 Å². The third-order valence-corrected chi connectivity index (χ3v) is 4.81. The van der Waals surface area contributed by atoms with Gasteiger partial charge in [-0.3, -0.25) is 0 Å². The number of hydrogen-bond donors (Lipinski definition) is 1. The predicted octanol–water partition coefficient (Wildman–Crippen LogP) is 3.51. The third-order valence-electron chi connectivity index (χ3n) is 3.04. The molecule has 0 radical (unpaired) electrons. The van der Waals surface area contributed by atoms with E-state index in [0.717, 1.165) is 22.6 Å². The monoisotopic (exact) mass is 343 g/mol. The number of aromatic nitrogens is 2. The van der Waals surface area contributed by atoms with Crippen LogP contribution in [0.1, 0.15) is 29.1 Å². The molecule has 1 aromatic heterocycles. The van der Waals surface area contributed by atoms with E-state index in [1.165, 1.54) is 17.6 Å². The van der Waals surface area contributed by atoms with Crippen LogP contribution in [0.5, 0.6) is 0 Å². The lowest BCUT2D eigenvalue weighted by molar-refractivity contribution is 0.582. The van der Waals surface area contributed by atoms with Gasteiger partial charge in [-0.1, -0.05) is 23.5 Å². The molecule has 1 heterocycles. The van der Waals surface area contributed by atoms with Gasteiger partial charge in [0.2, 0.25) is 0 Å². The maximum Gasteiger partial charge on any atom is 0.137 e. The Kier molecular flexibility index (Phi) is 5.01. The van der Waals surface area contributed by atoms with Gasteiger partial charge >= 0.3 is 0 Å². The van der Waals surface area contributed by atoms with Crippen molar-refractivity contribution in [1.29, 1.82) is 0 Å². The molecule has 0 amide bonds. The second-order valence-corrected chi connectivity index (χ2v) is 5.77. The number of likely N-dealkylation sites (N-methyl/N-ethyl adjacent to an activating group) is 1. The Morgan fingerprint density at radius 1 is 1.47 bits per heavy atom. The lowest BCUT2D eigenvalue weighted by Gasteiger charge is -2.16. The minimum absolute atomic E-state index is 0.105. The van der Waals surface area contributed by atoms with Crippen LogP contribution in [0.25, 0.3) is 0 Å². The summed E-state index contributed by atoms with van der Waals surface area (Å²) in [6, 6.07) is 5.21. The van der Waals surface area contributed by atoms with Crippen LogP contribution in [-0.4, -0.2) is 16.6 Å². The van der Waals surface area contributed by atoms with Crippen LogP contribution in [-0.2, 0) is 12.8 Å². The summed E-state index contributed by atoms with van der Waals surface area (Å²) in [5.74, 6) is -0.231. The zero-order chi connectivity index (χ0) is 13.8. The summed E-state index contributed by atoms with van der Waals surface area (Å²) >= 11 is 4.71. The van der Waals surface area contributed by atoms with Crippen LogP contribution in [0.4, 0.5) is 4.39 Å². The van der Waals surface area contributed by atoms with Crippen LogP contribution in [0, 0.1) is 5.82 Å². The molecule has 0 bridgehead atoms. The smallest absolute Gasteiger partial charge is 0.137 e. The highest BCUT2D eigenvalue weighted by Crippen LogP contribution is 2.28. The topological polar surface area (TPSA) is 37.8 Å². The maximum atomic E-state index is 13.5. The molecule has 6 heteroatoms. The van der Waals surface area contributed by atoms with Gasteiger partial charge in [0.15, 0.2) is 0 Å². The van der Waals surface area contributed by atoms with E-state index >= 15 is 0 Å². The Morgan fingerprint density at radius 3 is 2.95 bits per heavy atom. The van der Waals surface area contributed by atoms with Crippen LogP contribution in [0.15, 0.2) is 22.7 Å². The van der Waals surface area contributed by atoms with Crippen molar-refractivity contribution in [2.45, 2.75) is 25.8 Å². The number of rotatable bonds is 5. The zero-order valence-electron chi connectivity index (χ0n) is 10.8. The van der Waals surface area contributed by atoms with E-state index in [2.05, 4.69) is 37.8 Å². The number of benzene rings is 1. The summed E-state index contributed by atoms with van der Waals surface area (Å²) in [5, 5.41) is 7.39. The Balaban J connectivity index is 2.27. The van der Waals surface area contributed by atoms with E-state index in [9.17, 15) is 4.39 Å². The van der Waals surface area contributed by atoms with Crippen molar-refractivity contribution in [2.75, 3.05) is 7.05 Å². The maximum absolute atomic E-state index is 13.5. The summed E-state index contributed by atoms with van der Waals surface area (Å²) in [5.41, 5.74) is 1.95. The molecule has 1 atom stereocenters. The van der Waals surface area contributed by atoms with Gasteiger partial charge in [0.05, 0.1) is 15.0 Å². The Bertz CT molecular complexity index is 559. The average molecular weight is 344 g/mol. The van der Waals surface area contributed by atoms with Crippen molar-refractivity contribution < 1.29 is 4.39 Å². The molecule has 0 saturated heterocycles. The molecule has 0 aliphatic carbocycles. The van der Waals surface area contributed by atoms with Crippen LogP contribution >= 0.6 is 27.5 Å². The summed E-state index contributed by atoms with van der Waals surface area (Å²) in [6.07, 6.45) is 1.56. The number of nitrogens with zero attached hydrogens (tertiary/aromatic N) is 2. The molecule has 3 nitrogen and oxygen atoms in total. The highest BCUT2D eigenvalue weighted by Gasteiger charge is 2.19. The minimum atomic E-state index is -0.231. The van der Waals surface area contributed by atoms with E-state index < -0.39 is 0 Å². The molecule has 0 aliphatic rings. The Hall–Kier alpha value is -0.850. The molecule has 2 aromatic rings. The molecule has 0 saturated carbocycles. The van der Waals surface area contributed by atoms with Gasteiger partial charge in [-0.05, 0) is 59.0 Å². The van der Waals surface area contributed by atoms with Crippen LogP contribution < -0.4 is 5.32 Å². The molecular formula is C13H15BrFN3S. The molecule has 1 aromatic carbocycles. The van der Waals surface area contributed by atoms with E-state index in [1.807, 2.05) is 13.1 Å². The number of aryl methyl sites for hydroxylation is 1. The second kappa shape index (κ2) is 6.54. The number of nitrogens with one attached hydrogen (secondary N) is 1. The summed E-state index contributed by atoms with van der Waals surface area (Å²) in [4.78, 5) is 1.13. The van der Waals surface area contributed by atoms with Crippen molar-refractivity contribution in [3.63, 3.8) is 0 Å². The van der Waals surface area contributed by atoms with Gasteiger partial charge in [-0.15, -0.1) is 5.10 Å². The van der Waals surface area contributed by atoms with Crippen molar-refractivity contribution >= 4 is 27.5 Å². The predicted molar refractivity (Wildman–Crippen MR) is 78.9 cm³/mol. The van der Waals surface area contributed by atoms with Gasteiger partial charge in [0, 0.05) is 6.04 Å². The summed E-state index contributed by atoms with van der Waals surface area (Å²) in [7, 11) is 1.90. The average Bonchev–Trinajstić information content (AvgIpc) is 2.88. The van der Waals surface area contributed by atoms with Gasteiger partial charge in [-0.25, -0.2) is 4.39 Å². The largest absolute Gasteiger partial charge is 0.312 e. The first-order chi connectivity index (χ1) is 9.17. The minimum Gasteiger partial charge on any atom is -0.312 e. The first-order valence-electron chi connectivity index (χ1n) is 6.08. The third kappa shape index (κ3) is 3.19. The quantitative estimate of drug-likeness (QED) is 0.902. The van der Waals surface area contributed by atoms with Gasteiger partial charge in [-0.2, -0.15) is 0 Å². The molecule has 19 heavy (non-hydrogen) atoms. The SMILES string of the molecule is CCc1nnsc1C(Cc1cccc(F)c1Br)NC. The fourth-order valence-corrected chi connectivity index (χ4v) is 3.25. The molecule has 0 spiro atoms. The van der Waals surface area contributed by atoms with Crippen molar-refractivity contribution in [3.05, 3.63) is 44.6 Å². The number of halogens is 2. The highest BCUT2D eigenvalue weighted by atomic mass is 79.9. The lowest BCUT2D eigenvalue weighted by Crippen LogP contribution is -2.19. The Morgan fingerprint density at radius 2 is 2.26 bits per heavy atom. The summed E-state index contributed by atoms with van der Waals surface area (Å²) in [6.45, 7) is 2.06. The molecule has 2 rings (SSSR count). The normalized spacial score (nSPS) is 12.6. The van der Waals surface area contributed by atoms with Gasteiger partial charge in [0.25, 0.3) is 0 Å². The molecule has 102 valence electrons. The molecule has 1 unspecified atom stereocenters. The fraction of sp³-hybridized carbons (Fsp3) is 0.385. The second-order valence-electron chi connectivity index (χ2n) is 4.20.